The molecule has 0 bridgehead atoms. The van der Waals surface area contributed by atoms with Gasteiger partial charge in [-0.1, -0.05) is 30.3 Å². The summed E-state index contributed by atoms with van der Waals surface area (Å²) in [6, 6.07) is 15.2. The molecular formula is C28H39N5O3. The lowest BCUT2D eigenvalue weighted by atomic mass is 9.84. The van der Waals surface area contributed by atoms with E-state index in [9.17, 15) is 4.79 Å². The second-order valence-corrected chi connectivity index (χ2v) is 10.3. The van der Waals surface area contributed by atoms with Gasteiger partial charge in [0.2, 0.25) is 0 Å². The van der Waals surface area contributed by atoms with Gasteiger partial charge in [-0.25, -0.2) is 9.78 Å². The monoisotopic (exact) mass is 493 g/mol. The molecule has 1 aromatic heterocycles. The van der Waals surface area contributed by atoms with Gasteiger partial charge in [-0.05, 0) is 67.8 Å². The van der Waals surface area contributed by atoms with Crippen molar-refractivity contribution in [3.05, 3.63) is 42.5 Å². The number of hydrogen-bond donors (Lipinski definition) is 2. The number of aromatic nitrogens is 1. The number of pyridine rings is 1. The van der Waals surface area contributed by atoms with E-state index in [0.29, 0.717) is 0 Å². The Labute approximate surface area is 214 Å². The van der Waals surface area contributed by atoms with Gasteiger partial charge in [0.15, 0.2) is 0 Å². The maximum atomic E-state index is 10.9. The Morgan fingerprint density at radius 2 is 1.53 bits per heavy atom. The molecule has 0 atom stereocenters. The maximum Gasteiger partial charge on any atom is 0.404 e. The fourth-order valence-corrected chi connectivity index (χ4v) is 5.75. The first kappa shape index (κ1) is 24.8. The number of morpholine rings is 1. The molecule has 194 valence electrons. The Balaban J connectivity index is 1.18. The Hall–Kier alpha value is -2.84. The summed E-state index contributed by atoms with van der Waals surface area (Å²) in [7, 11) is 0. The molecule has 5 rings (SSSR count). The second-order valence-electron chi connectivity index (χ2n) is 10.3. The molecule has 3 aliphatic rings. The van der Waals surface area contributed by atoms with Gasteiger partial charge in [-0.2, -0.15) is 0 Å². The Morgan fingerprint density at radius 3 is 2.17 bits per heavy atom. The van der Waals surface area contributed by atoms with Crippen molar-refractivity contribution in [3.8, 4) is 11.1 Å². The van der Waals surface area contributed by atoms with Crippen LogP contribution in [0.25, 0.3) is 11.1 Å². The van der Waals surface area contributed by atoms with Gasteiger partial charge in [0.25, 0.3) is 0 Å². The number of hydrogen-bond acceptors (Lipinski definition) is 6. The second kappa shape index (κ2) is 11.9. The third kappa shape index (κ3) is 6.48. The topological polar surface area (TPSA) is 81.2 Å². The summed E-state index contributed by atoms with van der Waals surface area (Å²) in [5.74, 6) is 2.84. The predicted octanol–water partition coefficient (Wildman–Crippen LogP) is 3.92. The number of piperazine rings is 1. The number of nitrogens with zero attached hydrogens (tertiary/aromatic N) is 4. The number of nitrogens with one attached hydrogen (secondary N) is 1. The molecule has 8 nitrogen and oxygen atoms in total. The molecule has 8 heteroatoms. The summed E-state index contributed by atoms with van der Waals surface area (Å²) in [4.78, 5) is 23.3. The largest absolute Gasteiger partial charge is 0.465 e. The van der Waals surface area contributed by atoms with Crippen LogP contribution in [0.4, 0.5) is 16.4 Å². The third-order valence-electron chi connectivity index (χ3n) is 7.96. The van der Waals surface area contributed by atoms with Crippen LogP contribution in [-0.4, -0.2) is 86.2 Å². The van der Waals surface area contributed by atoms with Gasteiger partial charge in [-0.3, -0.25) is 4.90 Å². The molecule has 2 aliphatic heterocycles. The average Bonchev–Trinajstić information content (AvgIpc) is 2.93. The van der Waals surface area contributed by atoms with Crippen LogP contribution in [0.5, 0.6) is 0 Å². The number of rotatable bonds is 7. The minimum absolute atomic E-state index is 0.142. The van der Waals surface area contributed by atoms with Gasteiger partial charge >= 0.3 is 6.09 Å². The Kier molecular flexibility index (Phi) is 8.23. The number of ether oxygens (including phenoxy) is 1. The van der Waals surface area contributed by atoms with Gasteiger partial charge in [0, 0.05) is 45.3 Å². The van der Waals surface area contributed by atoms with Gasteiger partial charge in [-0.15, -0.1) is 0 Å². The molecule has 1 aliphatic carbocycles. The van der Waals surface area contributed by atoms with Crippen LogP contribution in [0.2, 0.25) is 0 Å². The molecule has 2 aromatic rings. The molecule has 1 aromatic carbocycles. The van der Waals surface area contributed by atoms with Crippen molar-refractivity contribution in [2.24, 2.45) is 5.92 Å². The SMILES string of the molecule is O=C(O)N[C@H]1CC[C@H](CCN2CCN(c3cc(-c4ccccc4)cc(N4CCOCC4)n3)CC2)CC1. The number of amides is 1. The van der Waals surface area contributed by atoms with E-state index in [1.807, 2.05) is 0 Å². The Morgan fingerprint density at radius 1 is 0.889 bits per heavy atom. The van der Waals surface area contributed by atoms with Crippen LogP contribution in [0, 0.1) is 5.92 Å². The predicted molar refractivity (Wildman–Crippen MR) is 143 cm³/mol. The first-order valence-corrected chi connectivity index (χ1v) is 13.5. The fourth-order valence-electron chi connectivity index (χ4n) is 5.75. The lowest BCUT2D eigenvalue weighted by Crippen LogP contribution is -2.47. The zero-order valence-corrected chi connectivity index (χ0v) is 21.1. The summed E-state index contributed by atoms with van der Waals surface area (Å²) in [5.41, 5.74) is 2.44. The first-order valence-electron chi connectivity index (χ1n) is 13.5. The van der Waals surface area contributed by atoms with Crippen LogP contribution in [-0.2, 0) is 4.74 Å². The Bertz CT molecular complexity index is 982. The van der Waals surface area contributed by atoms with E-state index in [-0.39, 0.29) is 6.04 Å². The van der Waals surface area contributed by atoms with Crippen LogP contribution in [0.15, 0.2) is 42.5 Å². The summed E-state index contributed by atoms with van der Waals surface area (Å²) in [5, 5.41) is 11.6. The molecule has 1 amide bonds. The van der Waals surface area contributed by atoms with Crippen molar-refractivity contribution in [1.29, 1.82) is 0 Å². The van der Waals surface area contributed by atoms with Gasteiger partial charge in [0.1, 0.15) is 11.6 Å². The average molecular weight is 494 g/mol. The van der Waals surface area contributed by atoms with Crippen LogP contribution in [0.1, 0.15) is 32.1 Å². The quantitative estimate of drug-likeness (QED) is 0.605. The van der Waals surface area contributed by atoms with E-state index in [4.69, 9.17) is 14.8 Å². The van der Waals surface area contributed by atoms with Crippen molar-refractivity contribution in [3.63, 3.8) is 0 Å². The van der Waals surface area contributed by atoms with Gasteiger partial charge < -0.3 is 25.0 Å². The summed E-state index contributed by atoms with van der Waals surface area (Å²) in [6.45, 7) is 8.49. The number of benzene rings is 1. The van der Waals surface area contributed by atoms with E-state index in [2.05, 4.69) is 62.5 Å². The summed E-state index contributed by atoms with van der Waals surface area (Å²) < 4.78 is 5.57. The van der Waals surface area contributed by atoms with E-state index in [1.54, 1.807) is 0 Å². The molecule has 2 N–H and O–H groups in total. The van der Waals surface area contributed by atoms with Crippen LogP contribution < -0.4 is 15.1 Å². The highest BCUT2D eigenvalue weighted by Crippen LogP contribution is 2.30. The lowest BCUT2D eigenvalue weighted by molar-refractivity contribution is 0.122. The zero-order valence-electron chi connectivity index (χ0n) is 21.1. The molecule has 0 spiro atoms. The van der Waals surface area contributed by atoms with E-state index >= 15 is 0 Å². The summed E-state index contributed by atoms with van der Waals surface area (Å²) in [6.07, 6.45) is 4.52. The van der Waals surface area contributed by atoms with Crippen molar-refractivity contribution < 1.29 is 14.6 Å². The highest BCUT2D eigenvalue weighted by atomic mass is 16.5. The van der Waals surface area contributed by atoms with E-state index in [0.717, 1.165) is 102 Å². The van der Waals surface area contributed by atoms with Crippen molar-refractivity contribution in [1.82, 2.24) is 15.2 Å². The molecule has 0 unspecified atom stereocenters. The molecule has 0 radical (unpaired) electrons. The van der Waals surface area contributed by atoms with Crippen molar-refractivity contribution >= 4 is 17.7 Å². The standard InChI is InChI=1S/C28H39N5O3/c34-28(35)29-25-8-6-22(7-9-25)10-11-31-12-14-32(15-13-31)26-20-24(23-4-2-1-3-5-23)21-27(30-26)33-16-18-36-19-17-33/h1-5,20-22,25,29H,6-19H2,(H,34,35)/t22-,25-. The maximum absolute atomic E-state index is 10.9. The fraction of sp³-hybridized carbons (Fsp3) is 0.571. The molecule has 36 heavy (non-hydrogen) atoms. The third-order valence-corrected chi connectivity index (χ3v) is 7.96. The van der Waals surface area contributed by atoms with E-state index < -0.39 is 6.09 Å². The van der Waals surface area contributed by atoms with Crippen LogP contribution in [0.3, 0.4) is 0 Å². The minimum Gasteiger partial charge on any atom is -0.465 e. The highest BCUT2D eigenvalue weighted by molar-refractivity contribution is 5.71. The number of carbonyl (C=O) groups is 1. The smallest absolute Gasteiger partial charge is 0.404 e. The minimum atomic E-state index is -0.891. The van der Waals surface area contributed by atoms with Crippen molar-refractivity contribution in [2.75, 3.05) is 68.8 Å². The van der Waals surface area contributed by atoms with E-state index in [1.165, 1.54) is 17.5 Å². The lowest BCUT2D eigenvalue weighted by Gasteiger charge is -2.37. The molecule has 3 fully saturated rings. The molecule has 2 saturated heterocycles. The molecule has 1 saturated carbocycles. The van der Waals surface area contributed by atoms with Gasteiger partial charge in [0.05, 0.1) is 13.2 Å². The zero-order chi connectivity index (χ0) is 24.7. The van der Waals surface area contributed by atoms with Crippen LogP contribution >= 0.6 is 0 Å². The molecular weight excluding hydrogens is 454 g/mol. The number of carboxylic acid groups (broad SMARTS) is 1. The normalized spacial score (nSPS) is 23.4. The number of anilines is 2. The first-order chi connectivity index (χ1) is 17.6. The molecule has 3 heterocycles. The summed E-state index contributed by atoms with van der Waals surface area (Å²) >= 11 is 0. The van der Waals surface area contributed by atoms with Crippen molar-refractivity contribution in [2.45, 2.75) is 38.1 Å². The highest BCUT2D eigenvalue weighted by Gasteiger charge is 2.25.